The summed E-state index contributed by atoms with van der Waals surface area (Å²) in [6.07, 6.45) is 5.04. The topological polar surface area (TPSA) is 16.1 Å². The van der Waals surface area contributed by atoms with E-state index < -0.39 is 0 Å². The lowest BCUT2D eigenvalue weighted by molar-refractivity contribution is 0.301. The van der Waals surface area contributed by atoms with Gasteiger partial charge < -0.3 is 4.90 Å². The first kappa shape index (κ1) is 13.6. The van der Waals surface area contributed by atoms with E-state index in [2.05, 4.69) is 23.7 Å². The second-order valence-corrected chi connectivity index (χ2v) is 5.39. The zero-order valence-corrected chi connectivity index (χ0v) is 11.8. The van der Waals surface area contributed by atoms with Crippen LogP contribution in [0.3, 0.4) is 0 Å². The van der Waals surface area contributed by atoms with Gasteiger partial charge in [-0.1, -0.05) is 13.8 Å². The van der Waals surface area contributed by atoms with Gasteiger partial charge in [0.2, 0.25) is 0 Å². The minimum atomic E-state index is -0.254. The second-order valence-electron chi connectivity index (χ2n) is 5.12. The number of aromatic nitrogens is 1. The minimum Gasteiger partial charge on any atom is -0.354 e. The van der Waals surface area contributed by atoms with Crippen molar-refractivity contribution in [2.45, 2.75) is 39.0 Å². The fourth-order valence-electron chi connectivity index (χ4n) is 2.74. The Kier molecular flexibility index (Phi) is 4.10. The molecule has 0 saturated carbocycles. The van der Waals surface area contributed by atoms with Crippen LogP contribution in [-0.4, -0.2) is 18.1 Å². The summed E-state index contributed by atoms with van der Waals surface area (Å²) >= 11 is 5.74. The molecule has 0 spiro atoms. The molecular weight excluding hydrogens is 251 g/mol. The summed E-state index contributed by atoms with van der Waals surface area (Å²) in [7, 11) is 0. The fraction of sp³-hybridized carbons (Fsp3) is 0.643. The van der Waals surface area contributed by atoms with E-state index >= 15 is 0 Å². The monoisotopic (exact) mass is 270 g/mol. The molecule has 100 valence electrons. The highest BCUT2D eigenvalue weighted by Gasteiger charge is 2.36. The third kappa shape index (κ3) is 2.33. The van der Waals surface area contributed by atoms with Crippen LogP contribution in [0.15, 0.2) is 12.3 Å². The van der Waals surface area contributed by atoms with E-state index in [1.807, 2.05) is 0 Å². The lowest BCUT2D eigenvalue weighted by Gasteiger charge is -2.27. The first-order chi connectivity index (χ1) is 8.65. The molecule has 0 aliphatic carbocycles. The maximum absolute atomic E-state index is 14.2. The summed E-state index contributed by atoms with van der Waals surface area (Å²) in [6.45, 7) is 6.21. The van der Waals surface area contributed by atoms with E-state index in [4.69, 9.17) is 11.6 Å². The van der Waals surface area contributed by atoms with Crippen LogP contribution < -0.4 is 4.90 Å². The Hall–Kier alpha value is -0.830. The van der Waals surface area contributed by atoms with Crippen LogP contribution in [0.5, 0.6) is 0 Å². The maximum Gasteiger partial charge on any atom is 0.170 e. The van der Waals surface area contributed by atoms with Gasteiger partial charge in [0.15, 0.2) is 11.6 Å². The Morgan fingerprint density at radius 1 is 1.44 bits per heavy atom. The average Bonchev–Trinajstić information content (AvgIpc) is 2.84. The van der Waals surface area contributed by atoms with E-state index in [1.54, 1.807) is 12.3 Å². The number of nitrogens with zero attached hydrogens (tertiary/aromatic N) is 2. The van der Waals surface area contributed by atoms with Gasteiger partial charge in [-0.2, -0.15) is 0 Å². The molecule has 1 aromatic rings. The summed E-state index contributed by atoms with van der Waals surface area (Å²) in [5.74, 6) is 0.412. The SMILES string of the molecule is CCC1(CC)CCN(c2nccc(CCl)c2F)C1. The summed E-state index contributed by atoms with van der Waals surface area (Å²) in [6, 6.07) is 1.65. The molecule has 0 amide bonds. The number of anilines is 1. The number of pyridine rings is 1. The third-order valence-corrected chi connectivity index (χ3v) is 4.62. The zero-order chi connectivity index (χ0) is 13.2. The van der Waals surface area contributed by atoms with Gasteiger partial charge in [-0.3, -0.25) is 0 Å². The summed E-state index contributed by atoms with van der Waals surface area (Å²) in [5, 5.41) is 0. The molecule has 0 radical (unpaired) electrons. The first-order valence-corrected chi connectivity index (χ1v) is 7.13. The van der Waals surface area contributed by atoms with Crippen molar-refractivity contribution < 1.29 is 4.39 Å². The van der Waals surface area contributed by atoms with Crippen LogP contribution in [0.4, 0.5) is 10.2 Å². The average molecular weight is 271 g/mol. The van der Waals surface area contributed by atoms with Crippen molar-refractivity contribution >= 4 is 17.4 Å². The Balaban J connectivity index is 2.24. The van der Waals surface area contributed by atoms with E-state index in [0.29, 0.717) is 16.8 Å². The number of rotatable bonds is 4. The highest BCUT2D eigenvalue weighted by molar-refractivity contribution is 6.17. The van der Waals surface area contributed by atoms with Gasteiger partial charge in [0, 0.05) is 24.8 Å². The Morgan fingerprint density at radius 2 is 2.17 bits per heavy atom. The molecule has 4 heteroatoms. The Morgan fingerprint density at radius 3 is 2.72 bits per heavy atom. The molecule has 2 heterocycles. The van der Waals surface area contributed by atoms with Crippen LogP contribution in [0, 0.1) is 11.2 Å². The minimum absolute atomic E-state index is 0.196. The van der Waals surface area contributed by atoms with Crippen molar-refractivity contribution in [2.24, 2.45) is 5.41 Å². The molecule has 1 aromatic heterocycles. The van der Waals surface area contributed by atoms with E-state index in [1.165, 1.54) is 0 Å². The van der Waals surface area contributed by atoms with Crippen molar-refractivity contribution in [3.8, 4) is 0 Å². The van der Waals surface area contributed by atoms with Gasteiger partial charge in [-0.15, -0.1) is 11.6 Å². The normalized spacial score (nSPS) is 18.3. The molecule has 0 unspecified atom stereocenters. The quantitative estimate of drug-likeness (QED) is 0.770. The van der Waals surface area contributed by atoms with Crippen molar-refractivity contribution in [3.05, 3.63) is 23.6 Å². The summed E-state index contributed by atoms with van der Waals surface area (Å²) < 4.78 is 14.2. The Bertz CT molecular complexity index is 418. The zero-order valence-electron chi connectivity index (χ0n) is 11.0. The van der Waals surface area contributed by atoms with Crippen LogP contribution in [0.2, 0.25) is 0 Å². The predicted molar refractivity (Wildman–Crippen MR) is 73.6 cm³/mol. The first-order valence-electron chi connectivity index (χ1n) is 6.60. The molecule has 0 atom stereocenters. The number of hydrogen-bond acceptors (Lipinski definition) is 2. The molecule has 1 aliphatic rings. The summed E-state index contributed by atoms with van der Waals surface area (Å²) in [4.78, 5) is 6.26. The fourth-order valence-corrected chi connectivity index (χ4v) is 2.94. The summed E-state index contributed by atoms with van der Waals surface area (Å²) in [5.41, 5.74) is 0.859. The lowest BCUT2D eigenvalue weighted by Crippen LogP contribution is -2.27. The van der Waals surface area contributed by atoms with Crippen LogP contribution in [-0.2, 0) is 5.88 Å². The van der Waals surface area contributed by atoms with Gasteiger partial charge in [0.25, 0.3) is 0 Å². The van der Waals surface area contributed by atoms with Crippen molar-refractivity contribution in [1.82, 2.24) is 4.98 Å². The molecule has 1 fully saturated rings. The number of hydrogen-bond donors (Lipinski definition) is 0. The highest BCUT2D eigenvalue weighted by atomic mass is 35.5. The second kappa shape index (κ2) is 5.43. The largest absolute Gasteiger partial charge is 0.354 e. The van der Waals surface area contributed by atoms with Gasteiger partial charge >= 0.3 is 0 Å². The lowest BCUT2D eigenvalue weighted by atomic mass is 9.82. The number of halogens is 2. The molecule has 0 aromatic carbocycles. The molecule has 1 aliphatic heterocycles. The molecule has 18 heavy (non-hydrogen) atoms. The van der Waals surface area contributed by atoms with E-state index in [-0.39, 0.29) is 11.7 Å². The molecular formula is C14H20ClFN2. The van der Waals surface area contributed by atoms with Gasteiger partial charge in [0.05, 0.1) is 5.88 Å². The Labute approximate surface area is 113 Å². The molecule has 2 rings (SSSR count). The predicted octanol–water partition coefficient (Wildman–Crippen LogP) is 3.98. The maximum atomic E-state index is 14.2. The standard InChI is InChI=1S/C14H20ClFN2/c1-3-14(4-2)6-8-18(10-14)13-12(16)11(9-15)5-7-17-13/h5,7H,3-4,6,8-10H2,1-2H3. The third-order valence-electron chi connectivity index (χ3n) is 4.33. The highest BCUT2D eigenvalue weighted by Crippen LogP contribution is 2.39. The smallest absolute Gasteiger partial charge is 0.170 e. The van der Waals surface area contributed by atoms with Crippen LogP contribution in [0.25, 0.3) is 0 Å². The van der Waals surface area contributed by atoms with Gasteiger partial charge in [-0.05, 0) is 30.7 Å². The van der Waals surface area contributed by atoms with E-state index in [0.717, 1.165) is 32.4 Å². The van der Waals surface area contributed by atoms with Gasteiger partial charge in [0.1, 0.15) is 0 Å². The van der Waals surface area contributed by atoms with Gasteiger partial charge in [-0.25, -0.2) is 9.37 Å². The van der Waals surface area contributed by atoms with Crippen molar-refractivity contribution in [3.63, 3.8) is 0 Å². The molecule has 1 saturated heterocycles. The van der Waals surface area contributed by atoms with Crippen LogP contribution in [0.1, 0.15) is 38.7 Å². The van der Waals surface area contributed by atoms with Crippen LogP contribution >= 0.6 is 11.6 Å². The molecule has 0 bridgehead atoms. The van der Waals surface area contributed by atoms with E-state index in [9.17, 15) is 4.39 Å². The molecule has 0 N–H and O–H groups in total. The van der Waals surface area contributed by atoms with Crippen molar-refractivity contribution in [1.29, 1.82) is 0 Å². The number of alkyl halides is 1. The molecule has 2 nitrogen and oxygen atoms in total. The van der Waals surface area contributed by atoms with Crippen molar-refractivity contribution in [2.75, 3.05) is 18.0 Å².